The van der Waals surface area contributed by atoms with Gasteiger partial charge in [-0.2, -0.15) is 0 Å². The molecular weight excluding hydrogens is 256 g/mol. The van der Waals surface area contributed by atoms with Gasteiger partial charge in [-0.1, -0.05) is 19.1 Å². The normalized spacial score (nSPS) is 14.3. The summed E-state index contributed by atoms with van der Waals surface area (Å²) in [6, 6.07) is 7.92. The number of thiazole rings is 1. The monoisotopic (exact) mass is 276 g/mol. The Bertz CT molecular complexity index is 521. The van der Waals surface area contributed by atoms with E-state index in [1.165, 1.54) is 10.4 Å². The Morgan fingerprint density at radius 3 is 2.53 bits per heavy atom. The molecule has 0 radical (unpaired) electrons. The average molecular weight is 276 g/mol. The van der Waals surface area contributed by atoms with Crippen LogP contribution in [0.2, 0.25) is 0 Å². The van der Waals surface area contributed by atoms with E-state index in [-0.39, 0.29) is 12.1 Å². The fourth-order valence-corrected chi connectivity index (χ4v) is 2.89. The summed E-state index contributed by atoms with van der Waals surface area (Å²) in [6.45, 7) is 6.37. The quantitative estimate of drug-likeness (QED) is 0.869. The van der Waals surface area contributed by atoms with Gasteiger partial charge in [0, 0.05) is 17.1 Å². The van der Waals surface area contributed by atoms with Gasteiger partial charge in [0.2, 0.25) is 0 Å². The summed E-state index contributed by atoms with van der Waals surface area (Å²) in [5.74, 6) is 0.308. The molecule has 0 saturated heterocycles. The lowest BCUT2D eigenvalue weighted by Gasteiger charge is -2.21. The van der Waals surface area contributed by atoms with Gasteiger partial charge >= 0.3 is 0 Å². The lowest BCUT2D eigenvalue weighted by Crippen LogP contribution is -2.24. The van der Waals surface area contributed by atoms with Gasteiger partial charge in [0.05, 0.1) is 6.04 Å². The zero-order chi connectivity index (χ0) is 13.8. The van der Waals surface area contributed by atoms with Gasteiger partial charge in [-0.15, -0.1) is 11.3 Å². The highest BCUT2D eigenvalue weighted by atomic mass is 32.1. The number of aryl methyl sites for hydroxylation is 1. The third-order valence-electron chi connectivity index (χ3n) is 3.16. The summed E-state index contributed by atoms with van der Waals surface area (Å²) in [5, 5.41) is 14.1. The van der Waals surface area contributed by atoms with Crippen LogP contribution in [-0.4, -0.2) is 10.1 Å². The molecule has 2 rings (SSSR count). The number of hydrogen-bond acceptors (Lipinski definition) is 4. The van der Waals surface area contributed by atoms with Crippen LogP contribution in [0.15, 0.2) is 30.5 Å². The number of nitrogens with zero attached hydrogens (tertiary/aromatic N) is 1. The number of aromatic nitrogens is 1. The van der Waals surface area contributed by atoms with Crippen molar-refractivity contribution < 1.29 is 5.11 Å². The number of rotatable bonds is 5. The van der Waals surface area contributed by atoms with Gasteiger partial charge in [0.15, 0.2) is 0 Å². The van der Waals surface area contributed by atoms with Gasteiger partial charge in [0.1, 0.15) is 10.8 Å². The third kappa shape index (κ3) is 3.55. The van der Waals surface area contributed by atoms with Crippen LogP contribution in [0.1, 0.15) is 47.8 Å². The first-order chi connectivity index (χ1) is 9.10. The summed E-state index contributed by atoms with van der Waals surface area (Å²) in [5.41, 5.74) is 1.19. The topological polar surface area (TPSA) is 45.2 Å². The molecular formula is C15H20N2OS. The molecule has 2 N–H and O–H groups in total. The van der Waals surface area contributed by atoms with E-state index in [1.54, 1.807) is 23.5 Å². The van der Waals surface area contributed by atoms with Crippen LogP contribution in [-0.2, 0) is 0 Å². The Labute approximate surface area is 118 Å². The average Bonchev–Trinajstić information content (AvgIpc) is 2.84. The molecule has 2 atom stereocenters. The fraction of sp³-hybridized carbons (Fsp3) is 0.400. The van der Waals surface area contributed by atoms with Crippen LogP contribution >= 0.6 is 11.3 Å². The maximum atomic E-state index is 9.35. The van der Waals surface area contributed by atoms with Crippen molar-refractivity contribution in [2.24, 2.45) is 0 Å². The Hall–Kier alpha value is -1.39. The van der Waals surface area contributed by atoms with E-state index in [9.17, 15) is 5.11 Å². The van der Waals surface area contributed by atoms with Crippen molar-refractivity contribution in [1.29, 1.82) is 0 Å². The molecule has 19 heavy (non-hydrogen) atoms. The second-order valence-electron chi connectivity index (χ2n) is 4.75. The van der Waals surface area contributed by atoms with Crippen molar-refractivity contribution in [3.63, 3.8) is 0 Å². The number of aromatic hydroxyl groups is 1. The molecule has 1 aromatic heterocycles. The maximum absolute atomic E-state index is 9.35. The van der Waals surface area contributed by atoms with Gasteiger partial charge < -0.3 is 10.4 Å². The molecule has 0 spiro atoms. The summed E-state index contributed by atoms with van der Waals surface area (Å²) in [7, 11) is 0. The van der Waals surface area contributed by atoms with Gasteiger partial charge in [-0.25, -0.2) is 4.98 Å². The lowest BCUT2D eigenvalue weighted by atomic mass is 10.0. The zero-order valence-corrected chi connectivity index (χ0v) is 12.4. The minimum atomic E-state index is 0.234. The summed E-state index contributed by atoms with van der Waals surface area (Å²) >= 11 is 1.73. The van der Waals surface area contributed by atoms with Crippen molar-refractivity contribution in [3.8, 4) is 5.75 Å². The molecule has 1 aromatic carbocycles. The second-order valence-corrected chi connectivity index (χ2v) is 6.02. The predicted octanol–water partition coefficient (Wildman–Crippen LogP) is 3.96. The van der Waals surface area contributed by atoms with E-state index in [2.05, 4.69) is 31.1 Å². The highest BCUT2D eigenvalue weighted by Crippen LogP contribution is 2.25. The Morgan fingerprint density at radius 1 is 1.32 bits per heavy atom. The Balaban J connectivity index is 2.08. The van der Waals surface area contributed by atoms with Crippen LogP contribution in [0.3, 0.4) is 0 Å². The molecule has 0 aliphatic rings. The first-order valence-electron chi connectivity index (χ1n) is 6.57. The first kappa shape index (κ1) is 14.0. The molecule has 102 valence electrons. The van der Waals surface area contributed by atoms with Crippen LogP contribution in [0, 0.1) is 6.92 Å². The Kier molecular flexibility index (Phi) is 4.56. The number of phenols is 1. The van der Waals surface area contributed by atoms with Crippen LogP contribution < -0.4 is 5.32 Å². The molecule has 4 heteroatoms. The molecule has 0 aliphatic heterocycles. The van der Waals surface area contributed by atoms with E-state index in [1.807, 2.05) is 18.3 Å². The lowest BCUT2D eigenvalue weighted by molar-refractivity contribution is 0.452. The molecule has 0 aliphatic carbocycles. The summed E-state index contributed by atoms with van der Waals surface area (Å²) in [4.78, 5) is 5.66. The predicted molar refractivity (Wildman–Crippen MR) is 79.5 cm³/mol. The van der Waals surface area contributed by atoms with Crippen LogP contribution in [0.25, 0.3) is 0 Å². The van der Waals surface area contributed by atoms with Gasteiger partial charge in [0.25, 0.3) is 0 Å². The molecule has 0 fully saturated rings. The number of phenolic OH excluding ortho intramolecular Hbond substituents is 1. The molecule has 2 aromatic rings. The smallest absolute Gasteiger partial charge is 0.115 e. The van der Waals surface area contributed by atoms with E-state index >= 15 is 0 Å². The van der Waals surface area contributed by atoms with Gasteiger partial charge in [-0.3, -0.25) is 0 Å². The largest absolute Gasteiger partial charge is 0.508 e. The molecule has 3 nitrogen and oxygen atoms in total. The van der Waals surface area contributed by atoms with Crippen LogP contribution in [0.4, 0.5) is 0 Å². The zero-order valence-electron chi connectivity index (χ0n) is 11.6. The van der Waals surface area contributed by atoms with Crippen molar-refractivity contribution in [2.45, 2.75) is 39.3 Å². The van der Waals surface area contributed by atoms with Crippen LogP contribution in [0.5, 0.6) is 5.75 Å². The van der Waals surface area contributed by atoms with E-state index in [0.717, 1.165) is 11.4 Å². The highest BCUT2D eigenvalue weighted by molar-refractivity contribution is 7.11. The van der Waals surface area contributed by atoms with Crippen molar-refractivity contribution in [3.05, 3.63) is 45.9 Å². The van der Waals surface area contributed by atoms with E-state index in [0.29, 0.717) is 5.75 Å². The van der Waals surface area contributed by atoms with E-state index in [4.69, 9.17) is 0 Å². The highest BCUT2D eigenvalue weighted by Gasteiger charge is 2.15. The third-order valence-corrected chi connectivity index (χ3v) is 4.26. The number of benzene rings is 1. The second kappa shape index (κ2) is 6.17. The molecule has 0 bridgehead atoms. The number of nitrogens with one attached hydrogen (secondary N) is 1. The SMILES string of the molecule is CCC(NC(C)c1ncc(C)s1)c1ccc(O)cc1. The van der Waals surface area contributed by atoms with Gasteiger partial charge in [-0.05, 0) is 38.0 Å². The van der Waals surface area contributed by atoms with Crippen molar-refractivity contribution in [1.82, 2.24) is 10.3 Å². The Morgan fingerprint density at radius 2 is 2.00 bits per heavy atom. The number of hydrogen-bond donors (Lipinski definition) is 2. The molecule has 0 amide bonds. The maximum Gasteiger partial charge on any atom is 0.115 e. The summed E-state index contributed by atoms with van der Waals surface area (Å²) in [6.07, 6.45) is 2.92. The van der Waals surface area contributed by atoms with Crippen molar-refractivity contribution in [2.75, 3.05) is 0 Å². The molecule has 2 unspecified atom stereocenters. The van der Waals surface area contributed by atoms with E-state index < -0.39 is 0 Å². The fourth-order valence-electron chi connectivity index (χ4n) is 2.10. The standard InChI is InChI=1S/C15H20N2OS/c1-4-14(12-5-7-13(18)8-6-12)17-11(3)15-16-9-10(2)19-15/h5-9,11,14,17-18H,4H2,1-3H3. The minimum Gasteiger partial charge on any atom is -0.508 e. The summed E-state index contributed by atoms with van der Waals surface area (Å²) < 4.78 is 0. The van der Waals surface area contributed by atoms with Crippen molar-refractivity contribution >= 4 is 11.3 Å². The first-order valence-corrected chi connectivity index (χ1v) is 7.39. The minimum absolute atomic E-state index is 0.234. The molecule has 0 saturated carbocycles. The molecule has 1 heterocycles.